The van der Waals surface area contributed by atoms with Crippen LogP contribution < -0.4 is 5.32 Å². The normalized spacial score (nSPS) is 19.3. The van der Waals surface area contributed by atoms with Crippen LogP contribution in [0.4, 0.5) is 4.79 Å². The van der Waals surface area contributed by atoms with Gasteiger partial charge < -0.3 is 15.3 Å². The number of hydrogen-bond acceptors (Lipinski definition) is 2. The molecule has 1 aromatic carbocycles. The third-order valence-electron chi connectivity index (χ3n) is 3.68. The van der Waals surface area contributed by atoms with E-state index in [0.29, 0.717) is 19.5 Å². The molecule has 6 heteroatoms. The van der Waals surface area contributed by atoms with Crippen LogP contribution in [0.5, 0.6) is 0 Å². The number of nitrogens with zero attached hydrogens (tertiary/aromatic N) is 1. The summed E-state index contributed by atoms with van der Waals surface area (Å²) >= 11 is 3.49. The first-order chi connectivity index (χ1) is 9.97. The highest BCUT2D eigenvalue weighted by Gasteiger charge is 2.31. The Kier molecular flexibility index (Phi) is 5.22. The Morgan fingerprint density at radius 1 is 1.48 bits per heavy atom. The van der Waals surface area contributed by atoms with Gasteiger partial charge in [0.2, 0.25) is 0 Å². The summed E-state index contributed by atoms with van der Waals surface area (Å²) in [6, 6.07) is 7.71. The van der Waals surface area contributed by atoms with Crippen LogP contribution in [-0.4, -0.2) is 41.1 Å². The van der Waals surface area contributed by atoms with Crippen LogP contribution in [0.2, 0.25) is 0 Å². The van der Waals surface area contributed by atoms with Crippen LogP contribution in [0.25, 0.3) is 0 Å². The molecule has 2 unspecified atom stereocenters. The Labute approximate surface area is 132 Å². The maximum Gasteiger partial charge on any atom is 0.317 e. The smallest absolute Gasteiger partial charge is 0.317 e. The highest BCUT2D eigenvalue weighted by molar-refractivity contribution is 9.10. The van der Waals surface area contributed by atoms with E-state index in [1.54, 1.807) is 4.90 Å². The Morgan fingerprint density at radius 2 is 2.19 bits per heavy atom. The fourth-order valence-corrected chi connectivity index (χ4v) is 2.94. The summed E-state index contributed by atoms with van der Waals surface area (Å²) in [6.45, 7) is 2.75. The van der Waals surface area contributed by atoms with E-state index < -0.39 is 11.9 Å². The topological polar surface area (TPSA) is 69.6 Å². The Hall–Kier alpha value is -1.56. The summed E-state index contributed by atoms with van der Waals surface area (Å²) in [4.78, 5) is 24.6. The molecule has 1 fully saturated rings. The van der Waals surface area contributed by atoms with Crippen LogP contribution >= 0.6 is 15.9 Å². The third kappa shape index (κ3) is 4.20. The van der Waals surface area contributed by atoms with Crippen molar-refractivity contribution in [2.75, 3.05) is 13.1 Å². The summed E-state index contributed by atoms with van der Waals surface area (Å²) in [5.41, 5.74) is 1.13. The largest absolute Gasteiger partial charge is 0.481 e. The number of amides is 2. The molecule has 0 aromatic heterocycles. The van der Waals surface area contributed by atoms with E-state index in [2.05, 4.69) is 21.2 Å². The van der Waals surface area contributed by atoms with E-state index >= 15 is 0 Å². The van der Waals surface area contributed by atoms with Gasteiger partial charge in [0.05, 0.1) is 5.92 Å². The average molecular weight is 355 g/mol. The number of carboxylic acid groups (broad SMARTS) is 1. The lowest BCUT2D eigenvalue weighted by Crippen LogP contribution is -2.43. The van der Waals surface area contributed by atoms with Crippen LogP contribution in [-0.2, 0) is 11.2 Å². The van der Waals surface area contributed by atoms with E-state index in [1.165, 1.54) is 0 Å². The number of rotatable bonds is 4. The van der Waals surface area contributed by atoms with Gasteiger partial charge in [0.25, 0.3) is 0 Å². The number of carbonyl (C=O) groups excluding carboxylic acids is 1. The van der Waals surface area contributed by atoms with Crippen molar-refractivity contribution >= 4 is 27.9 Å². The molecular weight excluding hydrogens is 336 g/mol. The standard InChI is InChI=1S/C15H19BrN2O3/c1-10(8-11-4-2-3-5-13(11)16)17-15(21)18-7-6-12(9-18)14(19)20/h2-5,10,12H,6-9H2,1H3,(H,17,21)(H,19,20). The lowest BCUT2D eigenvalue weighted by atomic mass is 10.1. The second-order valence-corrected chi connectivity index (χ2v) is 6.27. The quantitative estimate of drug-likeness (QED) is 0.872. The molecule has 21 heavy (non-hydrogen) atoms. The van der Waals surface area contributed by atoms with Crippen LogP contribution in [0.3, 0.4) is 0 Å². The molecule has 0 aliphatic carbocycles. The van der Waals surface area contributed by atoms with Gasteiger partial charge in [0.1, 0.15) is 0 Å². The number of likely N-dealkylation sites (tertiary alicyclic amines) is 1. The zero-order valence-corrected chi connectivity index (χ0v) is 13.5. The van der Waals surface area contributed by atoms with Gasteiger partial charge >= 0.3 is 12.0 Å². The molecule has 1 aliphatic heterocycles. The molecule has 0 bridgehead atoms. The van der Waals surface area contributed by atoms with Gasteiger partial charge in [-0.25, -0.2) is 4.79 Å². The van der Waals surface area contributed by atoms with E-state index in [4.69, 9.17) is 5.11 Å². The van der Waals surface area contributed by atoms with Crippen molar-refractivity contribution in [3.8, 4) is 0 Å². The predicted molar refractivity (Wildman–Crippen MR) is 83.2 cm³/mol. The molecule has 1 aromatic rings. The number of carbonyl (C=O) groups is 2. The van der Waals surface area contributed by atoms with Crippen molar-refractivity contribution < 1.29 is 14.7 Å². The number of benzene rings is 1. The van der Waals surface area contributed by atoms with Crippen molar-refractivity contribution in [1.82, 2.24) is 10.2 Å². The van der Waals surface area contributed by atoms with Gasteiger partial charge in [-0.2, -0.15) is 0 Å². The number of aliphatic carboxylic acids is 1. The van der Waals surface area contributed by atoms with E-state index in [9.17, 15) is 9.59 Å². The van der Waals surface area contributed by atoms with E-state index in [1.807, 2.05) is 31.2 Å². The lowest BCUT2D eigenvalue weighted by Gasteiger charge is -2.21. The number of halogens is 1. The molecule has 0 saturated carbocycles. The minimum absolute atomic E-state index is 0.0138. The minimum atomic E-state index is -0.827. The molecule has 2 amide bonds. The van der Waals surface area contributed by atoms with Crippen LogP contribution in [0.15, 0.2) is 28.7 Å². The van der Waals surface area contributed by atoms with Crippen molar-refractivity contribution in [3.05, 3.63) is 34.3 Å². The zero-order valence-electron chi connectivity index (χ0n) is 11.9. The number of urea groups is 1. The SMILES string of the molecule is CC(Cc1ccccc1Br)NC(=O)N1CCC(C(=O)O)C1. The molecule has 1 heterocycles. The van der Waals surface area contributed by atoms with E-state index in [0.717, 1.165) is 16.5 Å². The summed E-state index contributed by atoms with van der Waals surface area (Å²) in [5.74, 6) is -1.26. The number of carboxylic acids is 1. The molecule has 0 spiro atoms. The fourth-order valence-electron chi connectivity index (χ4n) is 2.49. The number of nitrogens with one attached hydrogen (secondary N) is 1. The molecule has 2 atom stereocenters. The molecule has 2 N–H and O–H groups in total. The molecule has 1 aliphatic rings. The Bertz CT molecular complexity index is 535. The van der Waals surface area contributed by atoms with Crippen molar-refractivity contribution in [2.45, 2.75) is 25.8 Å². The monoisotopic (exact) mass is 354 g/mol. The van der Waals surface area contributed by atoms with Crippen LogP contribution in [0, 0.1) is 5.92 Å². The van der Waals surface area contributed by atoms with Crippen molar-refractivity contribution in [2.24, 2.45) is 5.92 Å². The first-order valence-electron chi connectivity index (χ1n) is 6.99. The summed E-state index contributed by atoms with van der Waals surface area (Å²) in [6.07, 6.45) is 1.25. The summed E-state index contributed by atoms with van der Waals surface area (Å²) < 4.78 is 1.03. The zero-order chi connectivity index (χ0) is 15.4. The second-order valence-electron chi connectivity index (χ2n) is 5.42. The Balaban J connectivity index is 1.86. The van der Waals surface area contributed by atoms with Crippen molar-refractivity contribution in [3.63, 3.8) is 0 Å². The van der Waals surface area contributed by atoms with Crippen LogP contribution in [0.1, 0.15) is 18.9 Å². The molecular formula is C15H19BrN2O3. The third-order valence-corrected chi connectivity index (χ3v) is 4.45. The second kappa shape index (κ2) is 6.93. The van der Waals surface area contributed by atoms with E-state index in [-0.39, 0.29) is 12.1 Å². The predicted octanol–water partition coefficient (Wildman–Crippen LogP) is 2.50. The fraction of sp³-hybridized carbons (Fsp3) is 0.467. The van der Waals surface area contributed by atoms with Gasteiger partial charge in [-0.15, -0.1) is 0 Å². The van der Waals surface area contributed by atoms with Crippen molar-refractivity contribution in [1.29, 1.82) is 0 Å². The average Bonchev–Trinajstić information content (AvgIpc) is 2.91. The van der Waals surface area contributed by atoms with Gasteiger partial charge in [-0.1, -0.05) is 34.1 Å². The summed E-state index contributed by atoms with van der Waals surface area (Å²) in [7, 11) is 0. The van der Waals surface area contributed by atoms with Gasteiger partial charge in [0, 0.05) is 23.6 Å². The first-order valence-corrected chi connectivity index (χ1v) is 7.78. The highest BCUT2D eigenvalue weighted by Crippen LogP contribution is 2.19. The minimum Gasteiger partial charge on any atom is -0.481 e. The van der Waals surface area contributed by atoms with Gasteiger partial charge in [-0.3, -0.25) is 4.79 Å². The highest BCUT2D eigenvalue weighted by atomic mass is 79.9. The maximum absolute atomic E-state index is 12.1. The number of hydrogen-bond donors (Lipinski definition) is 2. The summed E-state index contributed by atoms with van der Waals surface area (Å²) in [5, 5.41) is 11.9. The van der Waals surface area contributed by atoms with Gasteiger partial charge in [0.15, 0.2) is 0 Å². The first kappa shape index (κ1) is 15.8. The molecule has 0 radical (unpaired) electrons. The molecule has 2 rings (SSSR count). The van der Waals surface area contributed by atoms with Gasteiger partial charge in [-0.05, 0) is 31.4 Å². The Morgan fingerprint density at radius 3 is 2.81 bits per heavy atom. The molecule has 5 nitrogen and oxygen atoms in total. The lowest BCUT2D eigenvalue weighted by molar-refractivity contribution is -0.141. The molecule has 114 valence electrons. The maximum atomic E-state index is 12.1. The molecule has 1 saturated heterocycles.